The maximum atomic E-state index is 9.98. The van der Waals surface area contributed by atoms with E-state index in [1.807, 2.05) is 0 Å². The van der Waals surface area contributed by atoms with Crippen molar-refractivity contribution >= 4 is 0 Å². The Balaban J connectivity index is 1.67. The minimum absolute atomic E-state index is 0.0194. The fourth-order valence-corrected chi connectivity index (χ4v) is 4.39. The van der Waals surface area contributed by atoms with Gasteiger partial charge in [0.15, 0.2) is 0 Å². The second-order valence-corrected chi connectivity index (χ2v) is 6.70. The van der Waals surface area contributed by atoms with Crippen molar-refractivity contribution in [2.45, 2.75) is 62.9 Å². The van der Waals surface area contributed by atoms with Gasteiger partial charge in [0, 0.05) is 12.6 Å². The lowest BCUT2D eigenvalue weighted by atomic mass is 9.72. The highest BCUT2D eigenvalue weighted by molar-refractivity contribution is 5.05. The lowest BCUT2D eigenvalue weighted by Crippen LogP contribution is -2.69. The summed E-state index contributed by atoms with van der Waals surface area (Å²) in [6.45, 7) is 3.90. The van der Waals surface area contributed by atoms with Gasteiger partial charge in [0.05, 0.1) is 12.1 Å². The first-order chi connectivity index (χ1) is 8.82. The molecule has 104 valence electrons. The van der Waals surface area contributed by atoms with E-state index in [0.717, 1.165) is 6.54 Å². The third-order valence-electron chi connectivity index (χ3n) is 5.50. The predicted molar refractivity (Wildman–Crippen MR) is 73.6 cm³/mol. The van der Waals surface area contributed by atoms with Gasteiger partial charge in [0.2, 0.25) is 0 Å². The van der Waals surface area contributed by atoms with Gasteiger partial charge in [-0.15, -0.1) is 0 Å². The van der Waals surface area contributed by atoms with Crippen LogP contribution in [0.5, 0.6) is 0 Å². The molecule has 0 aromatic carbocycles. The lowest BCUT2D eigenvalue weighted by Gasteiger charge is -2.54. The molecule has 4 fully saturated rings. The molecule has 2 bridgehead atoms. The van der Waals surface area contributed by atoms with Crippen LogP contribution in [0, 0.1) is 5.92 Å². The molecule has 4 aliphatic rings. The molecule has 0 spiro atoms. The van der Waals surface area contributed by atoms with E-state index >= 15 is 0 Å². The summed E-state index contributed by atoms with van der Waals surface area (Å²) in [5.41, 5.74) is 0.0194. The molecule has 0 amide bonds. The van der Waals surface area contributed by atoms with Crippen LogP contribution in [0.25, 0.3) is 0 Å². The lowest BCUT2D eigenvalue weighted by molar-refractivity contribution is -0.0322. The van der Waals surface area contributed by atoms with Crippen LogP contribution in [0.1, 0.15) is 51.4 Å². The largest absolute Gasteiger partial charge is 0.394 e. The summed E-state index contributed by atoms with van der Waals surface area (Å²) in [6, 6.07) is 0.653. The highest BCUT2D eigenvalue weighted by Crippen LogP contribution is 2.36. The summed E-state index contributed by atoms with van der Waals surface area (Å²) >= 11 is 0. The molecule has 3 nitrogen and oxygen atoms in total. The molecule has 3 heterocycles. The van der Waals surface area contributed by atoms with Crippen LogP contribution in [0.15, 0.2) is 0 Å². The molecule has 1 unspecified atom stereocenters. The summed E-state index contributed by atoms with van der Waals surface area (Å²) in [5.74, 6) is 0.704. The summed E-state index contributed by atoms with van der Waals surface area (Å²) in [6.07, 6.45) is 10.7. The van der Waals surface area contributed by atoms with E-state index in [1.165, 1.54) is 64.5 Å². The number of rotatable bonds is 3. The second-order valence-electron chi connectivity index (χ2n) is 6.70. The third-order valence-corrected chi connectivity index (χ3v) is 5.50. The maximum Gasteiger partial charge on any atom is 0.0628 e. The molecule has 4 rings (SSSR count). The van der Waals surface area contributed by atoms with Gasteiger partial charge >= 0.3 is 0 Å². The van der Waals surface area contributed by atoms with E-state index in [9.17, 15) is 5.11 Å². The average molecular weight is 252 g/mol. The van der Waals surface area contributed by atoms with Crippen LogP contribution in [-0.4, -0.2) is 47.8 Å². The summed E-state index contributed by atoms with van der Waals surface area (Å²) in [4.78, 5) is 2.54. The molecule has 2 N–H and O–H groups in total. The van der Waals surface area contributed by atoms with Crippen molar-refractivity contribution in [1.82, 2.24) is 10.2 Å². The number of aliphatic hydroxyl groups is 1. The van der Waals surface area contributed by atoms with Crippen molar-refractivity contribution < 1.29 is 5.11 Å². The molecule has 0 radical (unpaired) electrons. The number of piperidine rings is 3. The number of hydrogen-bond donors (Lipinski definition) is 2. The van der Waals surface area contributed by atoms with Crippen LogP contribution in [0.4, 0.5) is 0 Å². The van der Waals surface area contributed by atoms with Gasteiger partial charge in [-0.05, 0) is 44.7 Å². The first-order valence-electron chi connectivity index (χ1n) is 7.93. The fraction of sp³-hybridized carbons (Fsp3) is 1.00. The van der Waals surface area contributed by atoms with Crippen molar-refractivity contribution in [2.24, 2.45) is 5.92 Å². The van der Waals surface area contributed by atoms with Crippen LogP contribution < -0.4 is 5.32 Å². The Morgan fingerprint density at radius 2 is 1.67 bits per heavy atom. The predicted octanol–water partition coefficient (Wildman–Crippen LogP) is 1.76. The Morgan fingerprint density at radius 3 is 2.17 bits per heavy atom. The molecule has 1 atom stereocenters. The van der Waals surface area contributed by atoms with E-state index in [2.05, 4.69) is 10.2 Å². The minimum atomic E-state index is 0.0194. The Bertz CT molecular complexity index is 268. The summed E-state index contributed by atoms with van der Waals surface area (Å²) < 4.78 is 0. The molecule has 3 heteroatoms. The second kappa shape index (κ2) is 5.48. The van der Waals surface area contributed by atoms with E-state index < -0.39 is 0 Å². The smallest absolute Gasteiger partial charge is 0.0628 e. The van der Waals surface area contributed by atoms with Crippen LogP contribution in [0.3, 0.4) is 0 Å². The highest BCUT2D eigenvalue weighted by atomic mass is 16.3. The standard InChI is InChI=1S/C15H28N2O/c18-12-15(11-17-9-7-13(15)8-10-17)16-14-5-3-1-2-4-6-14/h13-14,16,18H,1-12H2. The topological polar surface area (TPSA) is 35.5 Å². The molecule has 0 aromatic rings. The number of hydrogen-bond acceptors (Lipinski definition) is 3. The zero-order valence-electron chi connectivity index (χ0n) is 11.5. The van der Waals surface area contributed by atoms with Crippen LogP contribution in [0.2, 0.25) is 0 Å². The van der Waals surface area contributed by atoms with Gasteiger partial charge in [0.25, 0.3) is 0 Å². The highest BCUT2D eigenvalue weighted by Gasteiger charge is 2.46. The number of aliphatic hydroxyl groups excluding tert-OH is 1. The SMILES string of the molecule is OCC1(NC2CCCCCC2)CN2CCC1CC2. The molecule has 0 aromatic heterocycles. The third kappa shape index (κ3) is 2.45. The Kier molecular flexibility index (Phi) is 3.92. The van der Waals surface area contributed by atoms with Crippen molar-refractivity contribution in [3.63, 3.8) is 0 Å². The van der Waals surface area contributed by atoms with E-state index in [4.69, 9.17) is 0 Å². The fourth-order valence-electron chi connectivity index (χ4n) is 4.39. The van der Waals surface area contributed by atoms with E-state index in [0.29, 0.717) is 18.6 Å². The summed E-state index contributed by atoms with van der Waals surface area (Å²) in [5, 5.41) is 13.9. The average Bonchev–Trinajstić information content (AvgIpc) is 2.68. The molecule has 3 saturated heterocycles. The van der Waals surface area contributed by atoms with Gasteiger partial charge in [-0.1, -0.05) is 25.7 Å². The first kappa shape index (κ1) is 12.9. The van der Waals surface area contributed by atoms with Crippen molar-refractivity contribution in [2.75, 3.05) is 26.2 Å². The zero-order chi connectivity index (χ0) is 12.4. The molecular formula is C15H28N2O. The Morgan fingerprint density at radius 1 is 1.00 bits per heavy atom. The van der Waals surface area contributed by atoms with E-state index in [-0.39, 0.29) is 5.54 Å². The monoisotopic (exact) mass is 252 g/mol. The van der Waals surface area contributed by atoms with Gasteiger partial charge < -0.3 is 15.3 Å². The van der Waals surface area contributed by atoms with Crippen LogP contribution >= 0.6 is 0 Å². The molecule has 3 aliphatic heterocycles. The van der Waals surface area contributed by atoms with Crippen molar-refractivity contribution in [3.8, 4) is 0 Å². The van der Waals surface area contributed by atoms with Crippen molar-refractivity contribution in [3.05, 3.63) is 0 Å². The normalized spacial score (nSPS) is 41.8. The Hall–Kier alpha value is -0.120. The van der Waals surface area contributed by atoms with Crippen molar-refractivity contribution in [1.29, 1.82) is 0 Å². The number of fused-ring (bicyclic) bond motifs is 3. The van der Waals surface area contributed by atoms with Gasteiger partial charge in [0.1, 0.15) is 0 Å². The quantitative estimate of drug-likeness (QED) is 0.751. The number of nitrogens with zero attached hydrogens (tertiary/aromatic N) is 1. The van der Waals surface area contributed by atoms with E-state index in [1.54, 1.807) is 0 Å². The Labute approximate surface area is 111 Å². The zero-order valence-corrected chi connectivity index (χ0v) is 11.5. The first-order valence-corrected chi connectivity index (χ1v) is 7.93. The number of nitrogens with one attached hydrogen (secondary N) is 1. The minimum Gasteiger partial charge on any atom is -0.394 e. The van der Waals surface area contributed by atoms with Gasteiger partial charge in [-0.25, -0.2) is 0 Å². The van der Waals surface area contributed by atoms with Crippen LogP contribution in [-0.2, 0) is 0 Å². The molecular weight excluding hydrogens is 224 g/mol. The van der Waals surface area contributed by atoms with Gasteiger partial charge in [-0.2, -0.15) is 0 Å². The molecule has 18 heavy (non-hydrogen) atoms. The van der Waals surface area contributed by atoms with Gasteiger partial charge in [-0.3, -0.25) is 0 Å². The summed E-state index contributed by atoms with van der Waals surface area (Å²) in [7, 11) is 0. The molecule has 1 aliphatic carbocycles. The molecule has 1 saturated carbocycles. The maximum absolute atomic E-state index is 9.98.